The molecular formula is C22H25FO5. The highest BCUT2D eigenvalue weighted by atomic mass is 19.1. The number of aliphatic carboxylic acids is 1. The average Bonchev–Trinajstić information content (AvgIpc) is 2.69. The number of ether oxygens (including phenoxy) is 2. The summed E-state index contributed by atoms with van der Waals surface area (Å²) in [6, 6.07) is 14.1. The molecule has 5 nitrogen and oxygen atoms in total. The second kappa shape index (κ2) is 11.7. The molecule has 0 atom stereocenters. The number of hydrogen-bond acceptors (Lipinski definition) is 4. The minimum Gasteiger partial charge on any atom is -0.494 e. The zero-order valence-corrected chi connectivity index (χ0v) is 15.7. The Kier molecular flexibility index (Phi) is 8.98. The summed E-state index contributed by atoms with van der Waals surface area (Å²) in [5, 5.41) is 8.48. The molecule has 0 fully saturated rings. The highest BCUT2D eigenvalue weighted by molar-refractivity contribution is 5.76. The van der Waals surface area contributed by atoms with Gasteiger partial charge in [0.1, 0.15) is 11.6 Å². The third-order valence-corrected chi connectivity index (χ3v) is 4.15. The molecule has 0 heterocycles. The first-order valence-corrected chi connectivity index (χ1v) is 9.41. The first-order chi connectivity index (χ1) is 13.5. The van der Waals surface area contributed by atoms with Crippen molar-refractivity contribution in [3.05, 3.63) is 54.3 Å². The van der Waals surface area contributed by atoms with Crippen LogP contribution >= 0.6 is 0 Å². The Morgan fingerprint density at radius 1 is 0.786 bits per heavy atom. The van der Waals surface area contributed by atoms with Crippen LogP contribution in [0.3, 0.4) is 0 Å². The highest BCUT2D eigenvalue weighted by Crippen LogP contribution is 2.22. The van der Waals surface area contributed by atoms with Crippen LogP contribution in [0.1, 0.15) is 38.5 Å². The van der Waals surface area contributed by atoms with E-state index in [2.05, 4.69) is 0 Å². The van der Waals surface area contributed by atoms with Crippen molar-refractivity contribution in [1.29, 1.82) is 0 Å². The second-order valence-corrected chi connectivity index (χ2v) is 6.41. The molecule has 0 saturated heterocycles. The lowest BCUT2D eigenvalue weighted by Gasteiger charge is -2.08. The van der Waals surface area contributed by atoms with Crippen LogP contribution in [-0.4, -0.2) is 30.3 Å². The minimum atomic E-state index is -0.998. The van der Waals surface area contributed by atoms with Gasteiger partial charge in [-0.05, 0) is 61.1 Å². The van der Waals surface area contributed by atoms with E-state index in [1.54, 1.807) is 12.1 Å². The van der Waals surface area contributed by atoms with Gasteiger partial charge >= 0.3 is 11.9 Å². The molecule has 28 heavy (non-hydrogen) atoms. The third kappa shape index (κ3) is 8.20. The largest absolute Gasteiger partial charge is 0.494 e. The van der Waals surface area contributed by atoms with Gasteiger partial charge in [-0.3, -0.25) is 9.59 Å². The smallest absolute Gasteiger partial charge is 0.306 e. The maximum Gasteiger partial charge on any atom is 0.306 e. The van der Waals surface area contributed by atoms with Gasteiger partial charge in [-0.2, -0.15) is 0 Å². The summed E-state index contributed by atoms with van der Waals surface area (Å²) >= 11 is 0. The fourth-order valence-electron chi connectivity index (χ4n) is 2.60. The quantitative estimate of drug-likeness (QED) is 0.416. The van der Waals surface area contributed by atoms with Gasteiger partial charge in [-0.25, -0.2) is 4.39 Å². The Morgan fingerprint density at radius 2 is 1.36 bits per heavy atom. The topological polar surface area (TPSA) is 72.8 Å². The summed E-state index contributed by atoms with van der Waals surface area (Å²) < 4.78 is 23.7. The van der Waals surface area contributed by atoms with Gasteiger partial charge in [0.05, 0.1) is 26.1 Å². The minimum absolute atomic E-state index is 0.0802. The van der Waals surface area contributed by atoms with Crippen molar-refractivity contribution >= 4 is 11.9 Å². The van der Waals surface area contributed by atoms with Gasteiger partial charge < -0.3 is 14.6 Å². The lowest BCUT2D eigenvalue weighted by molar-refractivity contribution is -0.147. The molecule has 0 aliphatic heterocycles. The Morgan fingerprint density at radius 3 is 1.96 bits per heavy atom. The van der Waals surface area contributed by atoms with Gasteiger partial charge in [-0.15, -0.1) is 0 Å². The third-order valence-electron chi connectivity index (χ3n) is 4.15. The fraction of sp³-hybridized carbons (Fsp3) is 0.364. The molecule has 6 heteroatoms. The molecule has 2 aromatic rings. The molecular weight excluding hydrogens is 363 g/mol. The van der Waals surface area contributed by atoms with Gasteiger partial charge in [0.25, 0.3) is 0 Å². The van der Waals surface area contributed by atoms with E-state index >= 15 is 0 Å². The zero-order valence-electron chi connectivity index (χ0n) is 15.7. The summed E-state index contributed by atoms with van der Waals surface area (Å²) in [4.78, 5) is 21.6. The van der Waals surface area contributed by atoms with Crippen LogP contribution in [0.25, 0.3) is 11.1 Å². The summed E-state index contributed by atoms with van der Waals surface area (Å²) in [7, 11) is 0. The van der Waals surface area contributed by atoms with Crippen molar-refractivity contribution < 1.29 is 28.6 Å². The van der Waals surface area contributed by atoms with E-state index in [1.165, 1.54) is 12.1 Å². The lowest BCUT2D eigenvalue weighted by Crippen LogP contribution is -2.08. The molecule has 0 unspecified atom stereocenters. The maximum atomic E-state index is 13.0. The molecule has 0 bridgehead atoms. The second-order valence-electron chi connectivity index (χ2n) is 6.41. The Bertz CT molecular complexity index is 741. The summed E-state index contributed by atoms with van der Waals surface area (Å²) in [6.07, 6.45) is 3.25. The fourth-order valence-corrected chi connectivity index (χ4v) is 2.60. The molecule has 2 rings (SSSR count). The number of halogens is 1. The van der Waals surface area contributed by atoms with E-state index in [4.69, 9.17) is 14.6 Å². The van der Waals surface area contributed by atoms with Gasteiger partial charge in [-0.1, -0.05) is 24.3 Å². The predicted molar refractivity (Wildman–Crippen MR) is 104 cm³/mol. The van der Waals surface area contributed by atoms with Crippen molar-refractivity contribution in [1.82, 2.24) is 0 Å². The first-order valence-electron chi connectivity index (χ1n) is 9.41. The average molecular weight is 388 g/mol. The standard InChI is InChI=1S/C22H25FO5/c23-19-9-5-17(6-10-19)18-7-11-20(12-8-18)27-15-3-1-2-4-16-28-22(26)14-13-21(24)25/h5-12H,1-4,13-16H2,(H,24,25). The number of carbonyl (C=O) groups excluding carboxylic acids is 1. The van der Waals surface area contributed by atoms with Crippen molar-refractivity contribution in [2.75, 3.05) is 13.2 Å². The van der Waals surface area contributed by atoms with E-state index in [9.17, 15) is 14.0 Å². The van der Waals surface area contributed by atoms with E-state index in [0.717, 1.165) is 42.6 Å². The van der Waals surface area contributed by atoms with E-state index in [-0.39, 0.29) is 18.7 Å². The van der Waals surface area contributed by atoms with Crippen LogP contribution in [0.2, 0.25) is 0 Å². The molecule has 0 spiro atoms. The number of unbranched alkanes of at least 4 members (excludes halogenated alkanes) is 3. The maximum absolute atomic E-state index is 13.0. The van der Waals surface area contributed by atoms with E-state index < -0.39 is 11.9 Å². The van der Waals surface area contributed by atoms with Crippen LogP contribution < -0.4 is 4.74 Å². The number of esters is 1. The molecule has 150 valence electrons. The number of carbonyl (C=O) groups is 2. The molecule has 0 amide bonds. The monoisotopic (exact) mass is 388 g/mol. The molecule has 1 N–H and O–H groups in total. The van der Waals surface area contributed by atoms with Crippen molar-refractivity contribution in [2.45, 2.75) is 38.5 Å². The van der Waals surface area contributed by atoms with Crippen LogP contribution in [0, 0.1) is 5.82 Å². The number of carboxylic acid groups (broad SMARTS) is 1. The molecule has 0 radical (unpaired) electrons. The van der Waals surface area contributed by atoms with Gasteiger partial charge in [0.2, 0.25) is 0 Å². The molecule has 0 aliphatic rings. The first kappa shape index (κ1) is 21.4. The van der Waals surface area contributed by atoms with Crippen molar-refractivity contribution in [2.24, 2.45) is 0 Å². The molecule has 0 saturated carbocycles. The predicted octanol–water partition coefficient (Wildman–Crippen LogP) is 4.84. The lowest BCUT2D eigenvalue weighted by atomic mass is 10.1. The Hall–Kier alpha value is -2.89. The SMILES string of the molecule is O=C(O)CCC(=O)OCCCCCCOc1ccc(-c2ccc(F)cc2)cc1. The molecule has 0 aliphatic carbocycles. The highest BCUT2D eigenvalue weighted by Gasteiger charge is 2.06. The Labute approximate surface area is 164 Å². The summed E-state index contributed by atoms with van der Waals surface area (Å²) in [5.74, 6) is -0.921. The molecule has 0 aromatic heterocycles. The van der Waals surface area contributed by atoms with E-state index in [1.807, 2.05) is 24.3 Å². The van der Waals surface area contributed by atoms with Gasteiger partial charge in [0.15, 0.2) is 0 Å². The van der Waals surface area contributed by atoms with Crippen LogP contribution in [0.5, 0.6) is 5.75 Å². The van der Waals surface area contributed by atoms with Gasteiger partial charge in [0, 0.05) is 0 Å². The van der Waals surface area contributed by atoms with Crippen LogP contribution in [0.15, 0.2) is 48.5 Å². The summed E-state index contributed by atoms with van der Waals surface area (Å²) in [6.45, 7) is 0.929. The summed E-state index contributed by atoms with van der Waals surface area (Å²) in [5.41, 5.74) is 1.96. The number of benzene rings is 2. The number of rotatable bonds is 12. The van der Waals surface area contributed by atoms with E-state index in [0.29, 0.717) is 13.2 Å². The number of hydrogen-bond donors (Lipinski definition) is 1. The zero-order chi connectivity index (χ0) is 20.2. The van der Waals surface area contributed by atoms with Crippen LogP contribution in [0.4, 0.5) is 4.39 Å². The van der Waals surface area contributed by atoms with Crippen LogP contribution in [-0.2, 0) is 14.3 Å². The normalized spacial score (nSPS) is 10.5. The molecule has 2 aromatic carbocycles. The Balaban J connectivity index is 1.54. The van der Waals surface area contributed by atoms with Crippen molar-refractivity contribution in [3.63, 3.8) is 0 Å². The number of carboxylic acids is 1. The van der Waals surface area contributed by atoms with Crippen molar-refractivity contribution in [3.8, 4) is 16.9 Å².